The van der Waals surface area contributed by atoms with Gasteiger partial charge in [0, 0.05) is 72.8 Å². The summed E-state index contributed by atoms with van der Waals surface area (Å²) in [6, 6.07) is 74.2. The largest absolute Gasteiger partial charge is 0.456 e. The third-order valence-electron chi connectivity index (χ3n) is 13.1. The Hall–Kier alpha value is -9.39. The normalized spacial score (nSPS) is 10.8. The van der Waals surface area contributed by atoms with Crippen molar-refractivity contribution in [1.82, 2.24) is 15.0 Å². The van der Waals surface area contributed by atoms with E-state index in [1.165, 1.54) is 81.7 Å². The smallest absolute Gasteiger partial charge is 0.138 e. The first kappa shape index (κ1) is 49.2. The van der Waals surface area contributed by atoms with Gasteiger partial charge in [-0.2, -0.15) is 0 Å². The molecule has 75 heavy (non-hydrogen) atoms. The fraction of sp³-hybridized carbons (Fsp3) is 0.0870. The topological polar surface area (TPSA) is 78.1 Å². The second-order valence-electron chi connectivity index (χ2n) is 18.8. The van der Waals surface area contributed by atoms with Crippen molar-refractivity contribution in [3.63, 3.8) is 0 Å². The summed E-state index contributed by atoms with van der Waals surface area (Å²) in [5, 5.41) is 12.1. The van der Waals surface area contributed by atoms with Gasteiger partial charge in [0.1, 0.15) is 33.5 Å². The van der Waals surface area contributed by atoms with Crippen LogP contribution in [-0.2, 0) is 0 Å². The Morgan fingerprint density at radius 2 is 0.773 bits per heavy atom. The summed E-state index contributed by atoms with van der Waals surface area (Å²) < 4.78 is 17.2. The molecular formula is C69H57N3O3. The van der Waals surface area contributed by atoms with Gasteiger partial charge in [-0.05, 0) is 136 Å². The number of hydrogen-bond acceptors (Lipinski definition) is 6. The summed E-state index contributed by atoms with van der Waals surface area (Å²) in [6.45, 7) is 12.4. The summed E-state index contributed by atoms with van der Waals surface area (Å²) in [5.74, 6) is 0. The lowest BCUT2D eigenvalue weighted by Gasteiger charge is -1.97. The van der Waals surface area contributed by atoms with Crippen molar-refractivity contribution < 1.29 is 13.3 Å². The van der Waals surface area contributed by atoms with Crippen molar-refractivity contribution >= 4 is 98.4 Å². The Balaban J connectivity index is 0.000000103. The van der Waals surface area contributed by atoms with E-state index in [4.69, 9.17) is 13.3 Å². The van der Waals surface area contributed by atoms with Gasteiger partial charge in [0.2, 0.25) is 0 Å². The van der Waals surface area contributed by atoms with Crippen LogP contribution in [0.2, 0.25) is 0 Å². The minimum Gasteiger partial charge on any atom is -0.456 e. The Kier molecular flexibility index (Phi) is 14.8. The zero-order valence-electron chi connectivity index (χ0n) is 43.1. The fourth-order valence-electron chi connectivity index (χ4n) is 9.20. The molecule has 9 aromatic carbocycles. The molecule has 0 bridgehead atoms. The average Bonchev–Trinajstić information content (AvgIpc) is 4.14. The van der Waals surface area contributed by atoms with Crippen LogP contribution in [0.5, 0.6) is 0 Å². The molecule has 0 unspecified atom stereocenters. The van der Waals surface area contributed by atoms with E-state index in [0.29, 0.717) is 0 Å². The molecule has 6 aromatic heterocycles. The molecule has 6 heterocycles. The highest BCUT2D eigenvalue weighted by atomic mass is 16.3. The maximum absolute atomic E-state index is 5.78. The third-order valence-corrected chi connectivity index (χ3v) is 13.1. The molecule has 0 aliphatic heterocycles. The van der Waals surface area contributed by atoms with E-state index in [9.17, 15) is 0 Å². The van der Waals surface area contributed by atoms with Crippen molar-refractivity contribution in [2.24, 2.45) is 0 Å². The molecular weight excluding hydrogens is 919 g/mol. The van der Waals surface area contributed by atoms with Crippen molar-refractivity contribution in [2.75, 3.05) is 0 Å². The van der Waals surface area contributed by atoms with E-state index >= 15 is 0 Å². The SMILES string of the molecule is Cc1ccc2c(c1)oc1ccccc12.Cc1ccc2cccnc2c1.Cc1ccc2ncccc2c1.Cc1ccc2oc3ccccc3c2c1.Cc1cccc2c1oc1ccccc12.Cc1nccc2ccccc12. The molecule has 0 atom stereocenters. The molecule has 366 valence electrons. The highest BCUT2D eigenvalue weighted by Gasteiger charge is 2.08. The molecule has 0 aliphatic carbocycles. The number of benzene rings is 9. The lowest BCUT2D eigenvalue weighted by Crippen LogP contribution is -1.80. The quantitative estimate of drug-likeness (QED) is 0.151. The van der Waals surface area contributed by atoms with Crippen LogP contribution in [0.15, 0.2) is 250 Å². The third kappa shape index (κ3) is 11.5. The number of aryl methyl sites for hydroxylation is 6. The summed E-state index contributed by atoms with van der Waals surface area (Å²) in [6.07, 6.45) is 5.48. The molecule has 15 aromatic rings. The molecule has 0 radical (unpaired) electrons. The van der Waals surface area contributed by atoms with Gasteiger partial charge < -0.3 is 13.3 Å². The van der Waals surface area contributed by atoms with Gasteiger partial charge in [0.05, 0.1) is 11.0 Å². The number of hydrogen-bond donors (Lipinski definition) is 0. The van der Waals surface area contributed by atoms with E-state index < -0.39 is 0 Å². The van der Waals surface area contributed by atoms with Crippen LogP contribution in [0.4, 0.5) is 0 Å². The maximum Gasteiger partial charge on any atom is 0.138 e. The number of para-hydroxylation sites is 4. The van der Waals surface area contributed by atoms with E-state index in [1.54, 1.807) is 0 Å². The lowest BCUT2D eigenvalue weighted by atomic mass is 10.1. The van der Waals surface area contributed by atoms with Crippen LogP contribution in [0.3, 0.4) is 0 Å². The van der Waals surface area contributed by atoms with E-state index in [0.717, 1.165) is 50.2 Å². The fourth-order valence-corrected chi connectivity index (χ4v) is 9.20. The van der Waals surface area contributed by atoms with Gasteiger partial charge in [-0.15, -0.1) is 0 Å². The van der Waals surface area contributed by atoms with Gasteiger partial charge in [0.15, 0.2) is 0 Å². The molecule has 0 spiro atoms. The number of aromatic nitrogens is 3. The van der Waals surface area contributed by atoms with Crippen molar-refractivity contribution in [3.05, 3.63) is 270 Å². The van der Waals surface area contributed by atoms with Crippen LogP contribution < -0.4 is 0 Å². The summed E-state index contributed by atoms with van der Waals surface area (Å²) in [5.41, 5.74) is 15.3. The lowest BCUT2D eigenvalue weighted by molar-refractivity contribution is 0.665. The number of furan rings is 3. The van der Waals surface area contributed by atoms with Gasteiger partial charge in [-0.25, -0.2) is 0 Å². The Morgan fingerprint density at radius 1 is 0.267 bits per heavy atom. The molecule has 6 heteroatoms. The summed E-state index contributed by atoms with van der Waals surface area (Å²) >= 11 is 0. The molecule has 0 saturated heterocycles. The Bertz CT molecular complexity index is 4300. The minimum atomic E-state index is 0.966. The molecule has 0 fully saturated rings. The van der Waals surface area contributed by atoms with Crippen molar-refractivity contribution in [2.45, 2.75) is 41.5 Å². The number of nitrogens with zero attached hydrogens (tertiary/aromatic N) is 3. The summed E-state index contributed by atoms with van der Waals surface area (Å²) in [4.78, 5) is 12.7. The molecule has 0 amide bonds. The molecule has 0 aliphatic rings. The zero-order valence-corrected chi connectivity index (χ0v) is 43.1. The van der Waals surface area contributed by atoms with Crippen LogP contribution in [0.1, 0.15) is 33.5 Å². The standard InChI is InChI=1S/3C13H10O.3C10H9N/c1-9-5-4-7-11-10-6-2-3-8-12(10)14-13(9)11;1-9-6-7-13-11(8-9)10-4-2-3-5-12(10)14-13;1-9-6-7-11-10-4-2-3-5-12(10)14-13(11)8-9;1-8-4-5-10-9(7-8)3-2-6-11-10;1-8-4-5-9-3-2-6-11-10(9)7-8;1-8-10-5-3-2-4-9(10)6-7-11-8/h3*2-8H,1H3;3*2-7H,1H3. The van der Waals surface area contributed by atoms with Gasteiger partial charge in [-0.3, -0.25) is 15.0 Å². The molecule has 0 N–H and O–H groups in total. The van der Waals surface area contributed by atoms with Gasteiger partial charge >= 0.3 is 0 Å². The molecule has 6 nitrogen and oxygen atoms in total. The van der Waals surface area contributed by atoms with E-state index in [1.807, 2.05) is 123 Å². The second kappa shape index (κ2) is 22.6. The Labute approximate surface area is 436 Å². The molecule has 0 saturated carbocycles. The van der Waals surface area contributed by atoms with Crippen molar-refractivity contribution in [1.29, 1.82) is 0 Å². The first-order valence-electron chi connectivity index (χ1n) is 25.2. The monoisotopic (exact) mass is 975 g/mol. The van der Waals surface area contributed by atoms with Crippen LogP contribution in [-0.4, -0.2) is 15.0 Å². The predicted molar refractivity (Wildman–Crippen MR) is 315 cm³/mol. The van der Waals surface area contributed by atoms with E-state index in [-0.39, 0.29) is 0 Å². The van der Waals surface area contributed by atoms with Gasteiger partial charge in [-0.1, -0.05) is 157 Å². The maximum atomic E-state index is 5.78. The average molecular weight is 976 g/mol. The highest BCUT2D eigenvalue weighted by Crippen LogP contribution is 2.32. The van der Waals surface area contributed by atoms with Crippen LogP contribution in [0, 0.1) is 41.5 Å². The van der Waals surface area contributed by atoms with Crippen LogP contribution >= 0.6 is 0 Å². The van der Waals surface area contributed by atoms with Crippen LogP contribution in [0.25, 0.3) is 98.4 Å². The van der Waals surface area contributed by atoms with E-state index in [2.05, 4.69) is 171 Å². The van der Waals surface area contributed by atoms with Gasteiger partial charge in [0.25, 0.3) is 0 Å². The second-order valence-corrected chi connectivity index (χ2v) is 18.8. The highest BCUT2D eigenvalue weighted by molar-refractivity contribution is 6.07. The number of pyridine rings is 3. The first-order chi connectivity index (χ1) is 36.6. The minimum absolute atomic E-state index is 0.966. The number of fused-ring (bicyclic) bond motifs is 12. The zero-order chi connectivity index (χ0) is 51.7. The van der Waals surface area contributed by atoms with Crippen molar-refractivity contribution in [3.8, 4) is 0 Å². The first-order valence-corrected chi connectivity index (χ1v) is 25.2. The number of rotatable bonds is 0. The Morgan fingerprint density at radius 3 is 1.52 bits per heavy atom. The molecule has 15 rings (SSSR count). The predicted octanol–water partition coefficient (Wildman–Crippen LogP) is 19.3. The summed E-state index contributed by atoms with van der Waals surface area (Å²) in [7, 11) is 0.